The molecule has 0 spiro atoms. The average molecular weight is 434 g/mol. The molecule has 10 nitrogen and oxygen atoms in total. The van der Waals surface area contributed by atoms with Gasteiger partial charge in [0.15, 0.2) is 5.78 Å². The van der Waals surface area contributed by atoms with Crippen LogP contribution in [0, 0.1) is 0 Å². The van der Waals surface area contributed by atoms with E-state index in [1.165, 1.54) is 18.2 Å². The summed E-state index contributed by atoms with van der Waals surface area (Å²) in [7, 11) is 0. The molecular weight excluding hydrogens is 412 g/mol. The highest BCUT2D eigenvalue weighted by molar-refractivity contribution is 6.02. The molecule has 2 aromatic rings. The van der Waals surface area contributed by atoms with Crippen molar-refractivity contribution in [2.45, 2.75) is 43.2 Å². The lowest BCUT2D eigenvalue weighted by Gasteiger charge is -2.39. The van der Waals surface area contributed by atoms with Crippen molar-refractivity contribution in [3.8, 4) is 23.0 Å². The third-order valence-corrected chi connectivity index (χ3v) is 5.34. The van der Waals surface area contributed by atoms with Crippen LogP contribution in [-0.2, 0) is 4.74 Å². The number of rotatable bonds is 4. The van der Waals surface area contributed by atoms with Gasteiger partial charge in [0.1, 0.15) is 59.1 Å². The lowest BCUT2D eigenvalue weighted by atomic mass is 9.95. The van der Waals surface area contributed by atoms with Crippen LogP contribution in [0.5, 0.6) is 23.0 Å². The largest absolute Gasteiger partial charge is 0.508 e. The number of phenols is 2. The van der Waals surface area contributed by atoms with E-state index in [1.807, 2.05) is 0 Å². The van der Waals surface area contributed by atoms with Gasteiger partial charge in [-0.05, 0) is 17.7 Å². The highest BCUT2D eigenvalue weighted by Gasteiger charge is 2.45. The maximum absolute atomic E-state index is 12.6. The van der Waals surface area contributed by atoms with Crippen LogP contribution in [0.15, 0.2) is 36.4 Å². The standard InChI is InChI=1S/C21H22O10/c22-8-16-18(26)19(27)20(28)21(31-16)29-11-5-12(24)17-13(25)7-14(30-15(17)6-11)9-1-3-10(23)4-2-9/h1-6,14,16,18-24,26-28H,7-8H2/t14-,16?,18+,19+,20-,21?/m1/s1. The Morgan fingerprint density at radius 2 is 1.71 bits per heavy atom. The van der Waals surface area contributed by atoms with Gasteiger partial charge in [-0.15, -0.1) is 0 Å². The summed E-state index contributed by atoms with van der Waals surface area (Å²) >= 11 is 0. The molecule has 0 bridgehead atoms. The van der Waals surface area contributed by atoms with E-state index in [2.05, 4.69) is 0 Å². The first-order chi connectivity index (χ1) is 14.8. The first-order valence-electron chi connectivity index (χ1n) is 9.61. The molecule has 0 amide bonds. The molecule has 2 unspecified atom stereocenters. The van der Waals surface area contributed by atoms with Gasteiger partial charge < -0.3 is 44.8 Å². The Kier molecular flexibility index (Phi) is 5.73. The van der Waals surface area contributed by atoms with Gasteiger partial charge in [0.05, 0.1) is 13.0 Å². The number of aliphatic hydroxyl groups is 4. The zero-order valence-electron chi connectivity index (χ0n) is 16.2. The van der Waals surface area contributed by atoms with Gasteiger partial charge >= 0.3 is 0 Å². The third-order valence-electron chi connectivity index (χ3n) is 5.34. The number of benzene rings is 2. The predicted octanol–water partition coefficient (Wildman–Crippen LogP) is -0.0170. The number of fused-ring (bicyclic) bond motifs is 1. The van der Waals surface area contributed by atoms with Crippen molar-refractivity contribution in [3.05, 3.63) is 47.5 Å². The Labute approximate surface area is 176 Å². The van der Waals surface area contributed by atoms with Crippen LogP contribution in [-0.4, -0.2) is 73.7 Å². The lowest BCUT2D eigenvalue weighted by Crippen LogP contribution is -2.60. The van der Waals surface area contributed by atoms with E-state index in [4.69, 9.17) is 14.2 Å². The molecular formula is C21H22O10. The Bertz CT molecular complexity index is 957. The zero-order chi connectivity index (χ0) is 22.3. The van der Waals surface area contributed by atoms with E-state index in [0.717, 1.165) is 6.07 Å². The minimum Gasteiger partial charge on any atom is -0.508 e. The molecule has 1 saturated heterocycles. The maximum atomic E-state index is 12.6. The molecule has 2 heterocycles. The molecule has 2 aliphatic rings. The van der Waals surface area contributed by atoms with Gasteiger partial charge in [-0.3, -0.25) is 4.79 Å². The first-order valence-corrected chi connectivity index (χ1v) is 9.61. The molecule has 6 N–H and O–H groups in total. The number of aromatic hydroxyl groups is 2. The molecule has 10 heteroatoms. The van der Waals surface area contributed by atoms with Crippen LogP contribution in [0.2, 0.25) is 0 Å². The van der Waals surface area contributed by atoms with E-state index in [-0.39, 0.29) is 35.0 Å². The van der Waals surface area contributed by atoms with Crippen molar-refractivity contribution in [1.29, 1.82) is 0 Å². The Morgan fingerprint density at radius 1 is 1.00 bits per heavy atom. The van der Waals surface area contributed by atoms with Crippen molar-refractivity contribution < 1.29 is 49.6 Å². The number of ether oxygens (including phenoxy) is 3. The molecule has 4 rings (SSSR count). The van der Waals surface area contributed by atoms with Gasteiger partial charge in [0.25, 0.3) is 0 Å². The van der Waals surface area contributed by atoms with Crippen LogP contribution >= 0.6 is 0 Å². The normalized spacial score (nSPS) is 30.4. The summed E-state index contributed by atoms with van der Waals surface area (Å²) in [6, 6.07) is 8.64. The van der Waals surface area contributed by atoms with Crippen molar-refractivity contribution >= 4 is 5.78 Å². The highest BCUT2D eigenvalue weighted by atomic mass is 16.7. The molecule has 1 fully saturated rings. The van der Waals surface area contributed by atoms with Gasteiger partial charge in [-0.2, -0.15) is 0 Å². The van der Waals surface area contributed by atoms with Gasteiger partial charge in [0.2, 0.25) is 6.29 Å². The Morgan fingerprint density at radius 3 is 2.39 bits per heavy atom. The lowest BCUT2D eigenvalue weighted by molar-refractivity contribution is -0.277. The second-order valence-electron chi connectivity index (χ2n) is 7.46. The van der Waals surface area contributed by atoms with E-state index in [9.17, 15) is 35.4 Å². The van der Waals surface area contributed by atoms with Crippen molar-refractivity contribution in [2.24, 2.45) is 0 Å². The second kappa shape index (κ2) is 8.33. The Hall–Kier alpha value is -2.89. The van der Waals surface area contributed by atoms with E-state index in [1.54, 1.807) is 12.1 Å². The first kappa shape index (κ1) is 21.3. The second-order valence-corrected chi connectivity index (χ2v) is 7.46. The summed E-state index contributed by atoms with van der Waals surface area (Å²) in [6.45, 7) is -0.619. The Balaban J connectivity index is 1.59. The summed E-state index contributed by atoms with van der Waals surface area (Å²) < 4.78 is 16.7. The number of phenolic OH excluding ortho intramolecular Hbond substituents is 2. The number of carbonyl (C=O) groups excluding carboxylic acids is 1. The summed E-state index contributed by atoms with van der Waals surface area (Å²) in [4.78, 5) is 12.6. The monoisotopic (exact) mass is 434 g/mol. The summed E-state index contributed by atoms with van der Waals surface area (Å²) in [5.74, 6) is -0.657. The fourth-order valence-corrected chi connectivity index (χ4v) is 3.66. The fraction of sp³-hybridized carbons (Fsp3) is 0.381. The minimum absolute atomic E-state index is 0.0156. The van der Waals surface area contributed by atoms with Gasteiger partial charge in [-0.1, -0.05) is 12.1 Å². The summed E-state index contributed by atoms with van der Waals surface area (Å²) in [5.41, 5.74) is 0.632. The molecule has 0 saturated carbocycles. The smallest absolute Gasteiger partial charge is 0.229 e. The molecule has 0 radical (unpaired) electrons. The number of hydrogen-bond acceptors (Lipinski definition) is 10. The number of aliphatic hydroxyl groups excluding tert-OH is 4. The zero-order valence-corrected chi connectivity index (χ0v) is 16.2. The quantitative estimate of drug-likeness (QED) is 0.385. The van der Waals surface area contributed by atoms with Crippen molar-refractivity contribution in [3.63, 3.8) is 0 Å². The molecule has 2 aliphatic heterocycles. The molecule has 2 aromatic carbocycles. The van der Waals surface area contributed by atoms with Crippen molar-refractivity contribution in [2.75, 3.05) is 6.61 Å². The van der Waals surface area contributed by atoms with Crippen LogP contribution < -0.4 is 9.47 Å². The van der Waals surface area contributed by atoms with Crippen LogP contribution in [0.4, 0.5) is 0 Å². The fourth-order valence-electron chi connectivity index (χ4n) is 3.66. The number of carbonyl (C=O) groups is 1. The van der Waals surface area contributed by atoms with Crippen LogP contribution in [0.25, 0.3) is 0 Å². The van der Waals surface area contributed by atoms with E-state index in [0.29, 0.717) is 5.56 Å². The van der Waals surface area contributed by atoms with E-state index < -0.39 is 49.2 Å². The van der Waals surface area contributed by atoms with Gasteiger partial charge in [-0.25, -0.2) is 0 Å². The minimum atomic E-state index is -1.64. The average Bonchev–Trinajstić information content (AvgIpc) is 2.74. The van der Waals surface area contributed by atoms with Crippen LogP contribution in [0.3, 0.4) is 0 Å². The number of ketones is 1. The molecule has 166 valence electrons. The molecule has 31 heavy (non-hydrogen) atoms. The van der Waals surface area contributed by atoms with Crippen molar-refractivity contribution in [1.82, 2.24) is 0 Å². The number of Topliss-reactive ketones (excluding diaryl/α,β-unsaturated/α-hetero) is 1. The summed E-state index contributed by atoms with van der Waals surface area (Å²) in [5, 5.41) is 59.0. The topological polar surface area (TPSA) is 166 Å². The summed E-state index contributed by atoms with van der Waals surface area (Å²) in [6.07, 6.45) is -8.09. The van der Waals surface area contributed by atoms with Crippen LogP contribution in [0.1, 0.15) is 28.4 Å². The maximum Gasteiger partial charge on any atom is 0.229 e. The van der Waals surface area contributed by atoms with E-state index >= 15 is 0 Å². The highest BCUT2D eigenvalue weighted by Crippen LogP contribution is 2.42. The molecule has 0 aliphatic carbocycles. The number of hydrogen-bond donors (Lipinski definition) is 6. The van der Waals surface area contributed by atoms with Gasteiger partial charge in [0, 0.05) is 12.1 Å². The SMILES string of the molecule is O=C1C[C@H](c2ccc(O)cc2)Oc2cc(OC3OC(CO)[C@H](O)[C@H](O)[C@H]3O)cc(O)c21. The predicted molar refractivity (Wildman–Crippen MR) is 103 cm³/mol. The molecule has 6 atom stereocenters. The molecule has 0 aromatic heterocycles. The third kappa shape index (κ3) is 4.03.